The second-order valence-electron chi connectivity index (χ2n) is 7.46. The lowest BCUT2D eigenvalue weighted by atomic mass is 9.99. The molecule has 0 N–H and O–H groups in total. The van der Waals surface area contributed by atoms with Crippen LogP contribution in [0.4, 0.5) is 0 Å². The number of unbranched alkanes of at least 4 members (excludes halogenated alkanes) is 4. The molecule has 146 valence electrons. The van der Waals surface area contributed by atoms with Gasteiger partial charge in [0.15, 0.2) is 0 Å². The minimum absolute atomic E-state index is 0.271. The number of ether oxygens (including phenoxy) is 2. The summed E-state index contributed by atoms with van der Waals surface area (Å²) < 4.78 is 10.8. The van der Waals surface area contributed by atoms with Crippen LogP contribution in [0.2, 0.25) is 0 Å². The molecule has 0 aliphatic heterocycles. The van der Waals surface area contributed by atoms with Crippen molar-refractivity contribution in [1.82, 2.24) is 0 Å². The number of esters is 2. The highest BCUT2D eigenvalue weighted by Crippen LogP contribution is 2.20. The van der Waals surface area contributed by atoms with Gasteiger partial charge < -0.3 is 9.47 Å². The van der Waals surface area contributed by atoms with Crippen molar-refractivity contribution in [2.24, 2.45) is 11.8 Å². The van der Waals surface area contributed by atoms with Crippen molar-refractivity contribution in [1.29, 1.82) is 0 Å². The van der Waals surface area contributed by atoms with Crippen LogP contribution in [0.25, 0.3) is 0 Å². The Balaban J connectivity index is 5.11. The Labute approximate surface area is 154 Å². The molecule has 0 atom stereocenters. The monoisotopic (exact) mass is 354 g/mol. The van der Waals surface area contributed by atoms with E-state index in [-0.39, 0.29) is 23.8 Å². The summed E-state index contributed by atoms with van der Waals surface area (Å²) in [5, 5.41) is 0. The van der Waals surface area contributed by atoms with Gasteiger partial charge in [-0.25, -0.2) is 9.59 Å². The molecule has 0 aromatic carbocycles. The molecule has 0 bridgehead atoms. The predicted molar refractivity (Wildman–Crippen MR) is 102 cm³/mol. The molecule has 0 spiro atoms. The minimum atomic E-state index is -0.374. The molecule has 0 saturated carbocycles. The fraction of sp³-hybridized carbons (Fsp3) is 0.810. The van der Waals surface area contributed by atoms with E-state index in [9.17, 15) is 9.59 Å². The van der Waals surface area contributed by atoms with E-state index in [0.29, 0.717) is 37.2 Å². The van der Waals surface area contributed by atoms with Crippen molar-refractivity contribution < 1.29 is 19.1 Å². The van der Waals surface area contributed by atoms with Gasteiger partial charge in [-0.3, -0.25) is 0 Å². The SMILES string of the molecule is CCCCCCC/C(C(=O)OCC(C)C)=C(\CC)C(=O)OCC(C)C. The lowest BCUT2D eigenvalue weighted by Gasteiger charge is -2.15. The number of carbonyl (C=O) groups is 2. The van der Waals surface area contributed by atoms with Crippen molar-refractivity contribution in [3.8, 4) is 0 Å². The molecule has 0 fully saturated rings. The molecule has 4 nitrogen and oxygen atoms in total. The van der Waals surface area contributed by atoms with E-state index in [1.165, 1.54) is 12.8 Å². The third-order valence-corrected chi connectivity index (χ3v) is 3.84. The van der Waals surface area contributed by atoms with E-state index < -0.39 is 0 Å². The van der Waals surface area contributed by atoms with Gasteiger partial charge in [0, 0.05) is 11.1 Å². The topological polar surface area (TPSA) is 52.6 Å². The molecule has 0 radical (unpaired) electrons. The summed E-state index contributed by atoms with van der Waals surface area (Å²) in [6.07, 6.45) is 6.57. The Bertz CT molecular complexity index is 422. The number of carbonyl (C=O) groups excluding carboxylic acids is 2. The average molecular weight is 355 g/mol. The molecule has 0 saturated heterocycles. The first-order chi connectivity index (χ1) is 11.8. The van der Waals surface area contributed by atoms with Crippen molar-refractivity contribution in [3.05, 3.63) is 11.1 Å². The summed E-state index contributed by atoms with van der Waals surface area (Å²) in [4.78, 5) is 24.9. The Morgan fingerprint density at radius 1 is 0.720 bits per heavy atom. The molecule has 0 aromatic rings. The zero-order chi connectivity index (χ0) is 19.2. The second-order valence-corrected chi connectivity index (χ2v) is 7.46. The highest BCUT2D eigenvalue weighted by Gasteiger charge is 2.22. The molecule has 4 heteroatoms. The Kier molecular flexibility index (Phi) is 13.2. The Morgan fingerprint density at radius 3 is 1.64 bits per heavy atom. The second kappa shape index (κ2) is 13.9. The van der Waals surface area contributed by atoms with Crippen LogP contribution < -0.4 is 0 Å². The van der Waals surface area contributed by atoms with Crippen LogP contribution in [-0.2, 0) is 19.1 Å². The molecular weight excluding hydrogens is 316 g/mol. The summed E-state index contributed by atoms with van der Waals surface area (Å²) >= 11 is 0. The maximum absolute atomic E-state index is 12.5. The summed E-state index contributed by atoms with van der Waals surface area (Å²) in [7, 11) is 0. The Morgan fingerprint density at radius 2 is 1.20 bits per heavy atom. The molecule has 0 aliphatic rings. The van der Waals surface area contributed by atoms with E-state index in [0.717, 1.165) is 19.3 Å². The first kappa shape index (κ1) is 23.7. The van der Waals surface area contributed by atoms with Gasteiger partial charge in [0.25, 0.3) is 0 Å². The third kappa shape index (κ3) is 11.0. The zero-order valence-corrected chi connectivity index (χ0v) is 17.2. The highest BCUT2D eigenvalue weighted by atomic mass is 16.5. The molecule has 0 rings (SSSR count). The predicted octanol–water partition coefficient (Wildman–Crippen LogP) is 5.45. The number of rotatable bonds is 13. The van der Waals surface area contributed by atoms with Crippen LogP contribution in [0.15, 0.2) is 11.1 Å². The van der Waals surface area contributed by atoms with Crippen molar-refractivity contribution in [3.63, 3.8) is 0 Å². The molecule has 0 heterocycles. The number of hydrogen-bond acceptors (Lipinski definition) is 4. The molecule has 0 unspecified atom stereocenters. The largest absolute Gasteiger partial charge is 0.462 e. The molecule has 0 amide bonds. The number of hydrogen-bond donors (Lipinski definition) is 0. The van der Waals surface area contributed by atoms with Crippen LogP contribution >= 0.6 is 0 Å². The summed E-state index contributed by atoms with van der Waals surface area (Å²) in [6, 6.07) is 0. The van der Waals surface area contributed by atoms with Gasteiger partial charge in [0.05, 0.1) is 13.2 Å². The van der Waals surface area contributed by atoms with Gasteiger partial charge in [0.1, 0.15) is 0 Å². The average Bonchev–Trinajstić information content (AvgIpc) is 2.56. The van der Waals surface area contributed by atoms with Gasteiger partial charge in [-0.15, -0.1) is 0 Å². The zero-order valence-electron chi connectivity index (χ0n) is 17.2. The third-order valence-electron chi connectivity index (χ3n) is 3.84. The normalized spacial score (nSPS) is 12.3. The lowest BCUT2D eigenvalue weighted by molar-refractivity contribution is -0.143. The van der Waals surface area contributed by atoms with E-state index >= 15 is 0 Å². The Hall–Kier alpha value is -1.32. The van der Waals surface area contributed by atoms with Crippen molar-refractivity contribution >= 4 is 11.9 Å². The quantitative estimate of drug-likeness (QED) is 0.251. The molecule has 0 aromatic heterocycles. The van der Waals surface area contributed by atoms with Crippen molar-refractivity contribution in [2.75, 3.05) is 13.2 Å². The lowest BCUT2D eigenvalue weighted by Crippen LogP contribution is -2.19. The van der Waals surface area contributed by atoms with E-state index in [1.54, 1.807) is 0 Å². The van der Waals surface area contributed by atoms with E-state index in [2.05, 4.69) is 6.92 Å². The molecular formula is C21H38O4. The van der Waals surface area contributed by atoms with Gasteiger partial charge in [-0.2, -0.15) is 0 Å². The molecule has 0 aliphatic carbocycles. The fourth-order valence-corrected chi connectivity index (χ4v) is 2.42. The first-order valence-corrected chi connectivity index (χ1v) is 9.89. The molecule has 25 heavy (non-hydrogen) atoms. The van der Waals surface area contributed by atoms with Crippen LogP contribution in [0, 0.1) is 11.8 Å². The van der Waals surface area contributed by atoms with Crippen LogP contribution in [0.5, 0.6) is 0 Å². The standard InChI is InChI=1S/C21H38O4/c1-7-9-10-11-12-13-19(21(23)25-15-17(5)6)18(8-2)20(22)24-14-16(3)4/h16-17H,7-15H2,1-6H3/b19-18-. The van der Waals surface area contributed by atoms with Gasteiger partial charge in [0.2, 0.25) is 0 Å². The van der Waals surface area contributed by atoms with Gasteiger partial charge >= 0.3 is 11.9 Å². The summed E-state index contributed by atoms with van der Waals surface area (Å²) in [5.74, 6) is -0.191. The highest BCUT2D eigenvalue weighted by molar-refractivity contribution is 6.00. The first-order valence-electron chi connectivity index (χ1n) is 9.89. The van der Waals surface area contributed by atoms with E-state index in [4.69, 9.17) is 9.47 Å². The van der Waals surface area contributed by atoms with Crippen LogP contribution in [0.1, 0.15) is 86.5 Å². The smallest absolute Gasteiger partial charge is 0.334 e. The maximum atomic E-state index is 12.5. The summed E-state index contributed by atoms with van der Waals surface area (Å²) in [5.41, 5.74) is 0.985. The van der Waals surface area contributed by atoms with Crippen LogP contribution in [-0.4, -0.2) is 25.2 Å². The summed E-state index contributed by atoms with van der Waals surface area (Å²) in [6.45, 7) is 12.8. The van der Waals surface area contributed by atoms with E-state index in [1.807, 2.05) is 34.6 Å². The fourth-order valence-electron chi connectivity index (χ4n) is 2.42. The van der Waals surface area contributed by atoms with Crippen molar-refractivity contribution in [2.45, 2.75) is 86.5 Å². The minimum Gasteiger partial charge on any atom is -0.462 e. The van der Waals surface area contributed by atoms with Crippen LogP contribution in [0.3, 0.4) is 0 Å². The van der Waals surface area contributed by atoms with Gasteiger partial charge in [-0.1, -0.05) is 67.2 Å². The maximum Gasteiger partial charge on any atom is 0.334 e. The van der Waals surface area contributed by atoms with Gasteiger partial charge in [-0.05, 0) is 31.1 Å².